The lowest BCUT2D eigenvalue weighted by Crippen LogP contribution is -2.42. The molecule has 1 aromatic rings. The Morgan fingerprint density at radius 1 is 1.29 bits per heavy atom. The van der Waals surface area contributed by atoms with Gasteiger partial charge in [-0.05, 0) is 43.0 Å². The van der Waals surface area contributed by atoms with Gasteiger partial charge in [0.15, 0.2) is 0 Å². The molecule has 5 nitrogen and oxygen atoms in total. The van der Waals surface area contributed by atoms with Crippen LogP contribution >= 0.6 is 0 Å². The Balaban J connectivity index is 1.84. The number of anilines is 1. The first-order valence-corrected chi connectivity index (χ1v) is 7.55. The van der Waals surface area contributed by atoms with Crippen molar-refractivity contribution >= 4 is 17.6 Å². The molecule has 0 bridgehead atoms. The summed E-state index contributed by atoms with van der Waals surface area (Å²) in [7, 11) is 0. The van der Waals surface area contributed by atoms with Gasteiger partial charge in [0.2, 0.25) is 0 Å². The lowest BCUT2D eigenvalue weighted by molar-refractivity contribution is -0.138. The summed E-state index contributed by atoms with van der Waals surface area (Å²) in [6.45, 7) is 0.688. The Morgan fingerprint density at radius 2 is 2.05 bits per heavy atom. The molecule has 1 aliphatic carbocycles. The average Bonchev–Trinajstić information content (AvgIpc) is 3.13. The third-order valence-corrected chi connectivity index (χ3v) is 4.39. The van der Waals surface area contributed by atoms with Gasteiger partial charge >= 0.3 is 5.97 Å². The standard InChI is InChI=1S/C16H20N2O3/c19-15(20)10-18(13-3-1-2-4-13)16(21)12-5-6-14-11(9-12)7-8-17-14/h5-6,9,13,17H,1-4,7-8,10H2,(H,19,20). The molecule has 0 unspecified atom stereocenters. The van der Waals surface area contributed by atoms with E-state index in [1.807, 2.05) is 12.1 Å². The molecule has 5 heteroatoms. The monoisotopic (exact) mass is 288 g/mol. The van der Waals surface area contributed by atoms with Crippen molar-refractivity contribution in [1.29, 1.82) is 0 Å². The van der Waals surface area contributed by atoms with Crippen LogP contribution in [0.1, 0.15) is 41.6 Å². The molecule has 112 valence electrons. The number of benzene rings is 1. The molecule has 0 saturated heterocycles. The van der Waals surface area contributed by atoms with E-state index < -0.39 is 5.97 Å². The number of fused-ring (bicyclic) bond motifs is 1. The fourth-order valence-corrected chi connectivity index (χ4v) is 3.33. The number of nitrogens with one attached hydrogen (secondary N) is 1. The second-order valence-electron chi connectivity index (χ2n) is 5.81. The molecule has 0 aromatic heterocycles. The minimum atomic E-state index is -0.946. The fraction of sp³-hybridized carbons (Fsp3) is 0.500. The molecule has 1 fully saturated rings. The Morgan fingerprint density at radius 3 is 2.76 bits per heavy atom. The van der Waals surface area contributed by atoms with Crippen molar-refractivity contribution in [3.8, 4) is 0 Å². The number of hydrogen-bond donors (Lipinski definition) is 2. The van der Waals surface area contributed by atoms with Gasteiger partial charge in [0, 0.05) is 23.8 Å². The summed E-state index contributed by atoms with van der Waals surface area (Å²) in [5, 5.41) is 12.4. The normalized spacial score (nSPS) is 17.3. The lowest BCUT2D eigenvalue weighted by Gasteiger charge is -2.27. The number of amides is 1. The van der Waals surface area contributed by atoms with Crippen LogP contribution in [0, 0.1) is 0 Å². The van der Waals surface area contributed by atoms with Crippen LogP contribution in [0.25, 0.3) is 0 Å². The van der Waals surface area contributed by atoms with Crippen LogP contribution in [-0.4, -0.2) is 41.0 Å². The first-order valence-electron chi connectivity index (χ1n) is 7.55. The van der Waals surface area contributed by atoms with E-state index in [-0.39, 0.29) is 18.5 Å². The van der Waals surface area contributed by atoms with Crippen molar-refractivity contribution in [1.82, 2.24) is 4.90 Å². The van der Waals surface area contributed by atoms with Crippen molar-refractivity contribution in [3.05, 3.63) is 29.3 Å². The maximum Gasteiger partial charge on any atom is 0.323 e. The lowest BCUT2D eigenvalue weighted by atomic mass is 10.1. The maximum absolute atomic E-state index is 12.7. The van der Waals surface area contributed by atoms with Crippen molar-refractivity contribution in [2.45, 2.75) is 38.1 Å². The minimum Gasteiger partial charge on any atom is -0.480 e. The van der Waals surface area contributed by atoms with Crippen molar-refractivity contribution in [2.24, 2.45) is 0 Å². The molecule has 2 aliphatic rings. The second-order valence-corrected chi connectivity index (χ2v) is 5.81. The summed E-state index contributed by atoms with van der Waals surface area (Å²) in [6.07, 6.45) is 4.88. The molecule has 1 heterocycles. The predicted molar refractivity (Wildman–Crippen MR) is 79.6 cm³/mol. The zero-order valence-electron chi connectivity index (χ0n) is 12.0. The van der Waals surface area contributed by atoms with Gasteiger partial charge in [-0.25, -0.2) is 0 Å². The van der Waals surface area contributed by atoms with Crippen LogP contribution in [0.5, 0.6) is 0 Å². The number of nitrogens with zero attached hydrogens (tertiary/aromatic N) is 1. The van der Waals surface area contributed by atoms with Crippen molar-refractivity contribution in [2.75, 3.05) is 18.4 Å². The quantitative estimate of drug-likeness (QED) is 0.890. The first-order chi connectivity index (χ1) is 10.1. The topological polar surface area (TPSA) is 69.6 Å². The van der Waals surface area contributed by atoms with Crippen molar-refractivity contribution in [3.63, 3.8) is 0 Å². The zero-order valence-corrected chi connectivity index (χ0v) is 12.0. The zero-order chi connectivity index (χ0) is 14.8. The van der Waals surface area contributed by atoms with Crippen molar-refractivity contribution < 1.29 is 14.7 Å². The molecule has 1 amide bonds. The Bertz CT molecular complexity index is 565. The summed E-state index contributed by atoms with van der Waals surface area (Å²) in [6, 6.07) is 5.69. The van der Waals surface area contributed by atoms with Gasteiger partial charge in [0.25, 0.3) is 5.91 Å². The molecule has 1 saturated carbocycles. The van der Waals surface area contributed by atoms with E-state index in [0.717, 1.165) is 49.9 Å². The van der Waals surface area contributed by atoms with Gasteiger partial charge in [0.1, 0.15) is 6.54 Å². The van der Waals surface area contributed by atoms with Crippen LogP contribution in [0.2, 0.25) is 0 Å². The molecular formula is C16H20N2O3. The Hall–Kier alpha value is -2.04. The molecule has 0 spiro atoms. The smallest absolute Gasteiger partial charge is 0.323 e. The summed E-state index contributed by atoms with van der Waals surface area (Å²) in [4.78, 5) is 25.3. The van der Waals surface area contributed by atoms with Gasteiger partial charge in [-0.1, -0.05) is 12.8 Å². The molecule has 21 heavy (non-hydrogen) atoms. The maximum atomic E-state index is 12.7. The highest BCUT2D eigenvalue weighted by atomic mass is 16.4. The number of carboxylic acids is 1. The van der Waals surface area contributed by atoms with E-state index in [9.17, 15) is 9.59 Å². The van der Waals surface area contributed by atoms with Crippen LogP contribution in [0.3, 0.4) is 0 Å². The van der Waals surface area contributed by atoms with E-state index in [2.05, 4.69) is 5.32 Å². The van der Waals surface area contributed by atoms with Gasteiger partial charge in [-0.2, -0.15) is 0 Å². The summed E-state index contributed by atoms with van der Waals surface area (Å²) >= 11 is 0. The first kappa shape index (κ1) is 13.9. The summed E-state index contributed by atoms with van der Waals surface area (Å²) in [5.41, 5.74) is 2.82. The number of carboxylic acid groups (broad SMARTS) is 1. The molecule has 0 atom stereocenters. The Kier molecular flexibility index (Phi) is 3.82. The van der Waals surface area contributed by atoms with E-state index in [0.29, 0.717) is 5.56 Å². The highest BCUT2D eigenvalue weighted by Gasteiger charge is 2.29. The number of carbonyl (C=O) groups excluding carboxylic acids is 1. The fourth-order valence-electron chi connectivity index (χ4n) is 3.33. The molecule has 2 N–H and O–H groups in total. The summed E-state index contributed by atoms with van der Waals surface area (Å²) < 4.78 is 0. The van der Waals surface area contributed by atoms with Gasteiger partial charge in [-0.3, -0.25) is 9.59 Å². The largest absolute Gasteiger partial charge is 0.480 e. The highest BCUT2D eigenvalue weighted by Crippen LogP contribution is 2.27. The van der Waals surface area contributed by atoms with E-state index in [1.165, 1.54) is 0 Å². The Labute approximate surface area is 123 Å². The molecule has 0 radical (unpaired) electrons. The van der Waals surface area contributed by atoms with Crippen LogP contribution in [0.4, 0.5) is 5.69 Å². The molecule has 1 aliphatic heterocycles. The van der Waals surface area contributed by atoms with E-state index in [4.69, 9.17) is 5.11 Å². The highest BCUT2D eigenvalue weighted by molar-refractivity contribution is 5.96. The third kappa shape index (κ3) is 2.86. The van der Waals surface area contributed by atoms with Crippen LogP contribution < -0.4 is 5.32 Å². The van der Waals surface area contributed by atoms with Crippen LogP contribution in [-0.2, 0) is 11.2 Å². The minimum absolute atomic E-state index is 0.0694. The number of hydrogen-bond acceptors (Lipinski definition) is 3. The third-order valence-electron chi connectivity index (χ3n) is 4.39. The van der Waals surface area contributed by atoms with E-state index in [1.54, 1.807) is 11.0 Å². The van der Waals surface area contributed by atoms with Gasteiger partial charge < -0.3 is 15.3 Å². The van der Waals surface area contributed by atoms with E-state index >= 15 is 0 Å². The predicted octanol–water partition coefficient (Wildman–Crippen LogP) is 2.12. The summed E-state index contributed by atoms with van der Waals surface area (Å²) in [5.74, 6) is -1.10. The SMILES string of the molecule is O=C(O)CN(C(=O)c1ccc2c(c1)CCN2)C1CCCC1. The average molecular weight is 288 g/mol. The molecular weight excluding hydrogens is 268 g/mol. The molecule has 3 rings (SSSR count). The number of aliphatic carboxylic acids is 1. The second kappa shape index (κ2) is 5.76. The van der Waals surface area contributed by atoms with Gasteiger partial charge in [-0.15, -0.1) is 0 Å². The van der Waals surface area contributed by atoms with Gasteiger partial charge in [0.05, 0.1) is 0 Å². The number of carbonyl (C=O) groups is 2. The van der Waals surface area contributed by atoms with Crippen LogP contribution in [0.15, 0.2) is 18.2 Å². The molecule has 1 aromatic carbocycles. The number of rotatable bonds is 4.